The van der Waals surface area contributed by atoms with Crippen LogP contribution in [0, 0.1) is 6.92 Å². The van der Waals surface area contributed by atoms with E-state index in [1.807, 2.05) is 37.1 Å². The first-order valence-electron chi connectivity index (χ1n) is 7.25. The van der Waals surface area contributed by atoms with E-state index in [-0.39, 0.29) is 5.91 Å². The molecule has 0 radical (unpaired) electrons. The molecule has 0 atom stereocenters. The normalized spacial score (nSPS) is 15.5. The monoisotopic (exact) mass is 260 g/mol. The highest BCUT2D eigenvalue weighted by atomic mass is 16.2. The van der Waals surface area contributed by atoms with E-state index in [0.29, 0.717) is 6.04 Å². The van der Waals surface area contributed by atoms with E-state index in [9.17, 15) is 4.79 Å². The first kappa shape index (κ1) is 13.9. The zero-order valence-electron chi connectivity index (χ0n) is 12.2. The summed E-state index contributed by atoms with van der Waals surface area (Å²) in [5.41, 5.74) is 3.05. The lowest BCUT2D eigenvalue weighted by atomic mass is 10.1. The van der Waals surface area contributed by atoms with Crippen molar-refractivity contribution in [2.24, 2.45) is 0 Å². The predicted molar refractivity (Wildman–Crippen MR) is 79.7 cm³/mol. The molecule has 3 nitrogen and oxygen atoms in total. The van der Waals surface area contributed by atoms with E-state index in [4.69, 9.17) is 0 Å². The van der Waals surface area contributed by atoms with Crippen LogP contribution < -0.4 is 5.32 Å². The lowest BCUT2D eigenvalue weighted by Gasteiger charge is -2.24. The van der Waals surface area contributed by atoms with Crippen LogP contribution in [-0.2, 0) is 0 Å². The van der Waals surface area contributed by atoms with Gasteiger partial charge in [-0.15, -0.1) is 0 Å². The number of hydrogen-bond donors (Lipinski definition) is 1. The molecule has 1 aliphatic rings. The number of hydrogen-bond acceptors (Lipinski definition) is 2. The van der Waals surface area contributed by atoms with Crippen LogP contribution in [0.5, 0.6) is 0 Å². The lowest BCUT2D eigenvalue weighted by Crippen LogP contribution is -2.35. The number of anilines is 1. The average molecular weight is 260 g/mol. The summed E-state index contributed by atoms with van der Waals surface area (Å²) in [5.74, 6) is 0.151. The number of rotatable bonds is 4. The Hall–Kier alpha value is -1.51. The van der Waals surface area contributed by atoms with Crippen molar-refractivity contribution in [3.05, 3.63) is 29.3 Å². The fraction of sp³-hybridized carbons (Fsp3) is 0.562. The van der Waals surface area contributed by atoms with Gasteiger partial charge in [0.2, 0.25) is 0 Å². The summed E-state index contributed by atoms with van der Waals surface area (Å²) >= 11 is 0. The van der Waals surface area contributed by atoms with E-state index >= 15 is 0 Å². The molecular weight excluding hydrogens is 236 g/mol. The number of benzene rings is 1. The largest absolute Gasteiger partial charge is 0.385 e. The van der Waals surface area contributed by atoms with Gasteiger partial charge in [-0.05, 0) is 50.5 Å². The van der Waals surface area contributed by atoms with Gasteiger partial charge >= 0.3 is 0 Å². The molecule has 3 heteroatoms. The highest BCUT2D eigenvalue weighted by Gasteiger charge is 2.24. The third-order valence-corrected chi connectivity index (χ3v) is 4.03. The van der Waals surface area contributed by atoms with E-state index in [1.54, 1.807) is 0 Å². The van der Waals surface area contributed by atoms with Crippen LogP contribution in [0.1, 0.15) is 48.5 Å². The minimum absolute atomic E-state index is 0.151. The van der Waals surface area contributed by atoms with Crippen LogP contribution in [0.4, 0.5) is 5.69 Å². The Bertz CT molecular complexity index is 450. The van der Waals surface area contributed by atoms with E-state index in [0.717, 1.165) is 36.2 Å². The van der Waals surface area contributed by atoms with E-state index < -0.39 is 0 Å². The maximum Gasteiger partial charge on any atom is 0.253 e. The molecule has 1 aromatic rings. The summed E-state index contributed by atoms with van der Waals surface area (Å²) in [7, 11) is 1.94. The molecule has 0 unspecified atom stereocenters. The van der Waals surface area contributed by atoms with Crippen molar-refractivity contribution in [2.45, 2.75) is 45.6 Å². The number of aryl methyl sites for hydroxylation is 1. The summed E-state index contributed by atoms with van der Waals surface area (Å²) < 4.78 is 0. The summed E-state index contributed by atoms with van der Waals surface area (Å²) in [4.78, 5) is 14.4. The zero-order chi connectivity index (χ0) is 13.8. The SMILES string of the molecule is CCNc1ccc(C(=O)N(C)C2CCCC2)cc1C. The molecule has 1 amide bonds. The number of carbonyl (C=O) groups excluding carboxylic acids is 1. The quantitative estimate of drug-likeness (QED) is 0.899. The standard InChI is InChI=1S/C16H24N2O/c1-4-17-15-10-9-13(11-12(15)2)16(19)18(3)14-7-5-6-8-14/h9-11,14,17H,4-8H2,1-3H3. The first-order valence-corrected chi connectivity index (χ1v) is 7.25. The van der Waals surface area contributed by atoms with Crippen LogP contribution in [0.2, 0.25) is 0 Å². The van der Waals surface area contributed by atoms with Crippen LogP contribution in [-0.4, -0.2) is 30.4 Å². The lowest BCUT2D eigenvalue weighted by molar-refractivity contribution is 0.0735. The fourth-order valence-corrected chi connectivity index (χ4v) is 2.85. The molecule has 0 aliphatic heterocycles. The topological polar surface area (TPSA) is 32.3 Å². The van der Waals surface area contributed by atoms with Gasteiger partial charge in [0.15, 0.2) is 0 Å². The van der Waals surface area contributed by atoms with Crippen LogP contribution in [0.25, 0.3) is 0 Å². The van der Waals surface area contributed by atoms with E-state index in [2.05, 4.69) is 12.2 Å². The Kier molecular flexibility index (Phi) is 4.46. The van der Waals surface area contributed by atoms with Crippen LogP contribution in [0.15, 0.2) is 18.2 Å². The molecular formula is C16H24N2O. The third kappa shape index (κ3) is 3.09. The second-order valence-electron chi connectivity index (χ2n) is 5.41. The highest BCUT2D eigenvalue weighted by molar-refractivity contribution is 5.95. The molecule has 0 aromatic heterocycles. The molecule has 2 rings (SSSR count). The van der Waals surface area contributed by atoms with Crippen molar-refractivity contribution >= 4 is 11.6 Å². The molecule has 0 spiro atoms. The molecule has 0 bridgehead atoms. The number of nitrogens with one attached hydrogen (secondary N) is 1. The van der Waals surface area contributed by atoms with Gasteiger partial charge in [-0.1, -0.05) is 12.8 Å². The summed E-state index contributed by atoms with van der Waals surface area (Å²) in [6, 6.07) is 6.36. The fourth-order valence-electron chi connectivity index (χ4n) is 2.85. The Morgan fingerprint density at radius 2 is 2.05 bits per heavy atom. The maximum absolute atomic E-state index is 12.5. The Morgan fingerprint density at radius 1 is 1.37 bits per heavy atom. The van der Waals surface area contributed by atoms with Crippen LogP contribution in [0.3, 0.4) is 0 Å². The zero-order valence-corrected chi connectivity index (χ0v) is 12.2. The molecule has 1 saturated carbocycles. The minimum atomic E-state index is 0.151. The number of nitrogens with zero attached hydrogens (tertiary/aromatic N) is 1. The second kappa shape index (κ2) is 6.09. The van der Waals surface area contributed by atoms with Crippen LogP contribution >= 0.6 is 0 Å². The van der Waals surface area contributed by atoms with Crippen molar-refractivity contribution in [1.29, 1.82) is 0 Å². The van der Waals surface area contributed by atoms with Gasteiger partial charge in [-0.3, -0.25) is 4.79 Å². The molecule has 1 aliphatic carbocycles. The van der Waals surface area contributed by atoms with Crippen molar-refractivity contribution < 1.29 is 4.79 Å². The summed E-state index contributed by atoms with van der Waals surface area (Å²) in [5, 5.41) is 3.30. The van der Waals surface area contributed by atoms with Crippen molar-refractivity contribution in [1.82, 2.24) is 4.90 Å². The minimum Gasteiger partial charge on any atom is -0.385 e. The van der Waals surface area contributed by atoms with E-state index in [1.165, 1.54) is 12.8 Å². The van der Waals surface area contributed by atoms with Gasteiger partial charge in [0, 0.05) is 30.9 Å². The summed E-state index contributed by atoms with van der Waals surface area (Å²) in [6.07, 6.45) is 4.80. The average Bonchev–Trinajstić information content (AvgIpc) is 2.93. The summed E-state index contributed by atoms with van der Waals surface area (Å²) in [6.45, 7) is 5.02. The van der Waals surface area contributed by atoms with Gasteiger partial charge in [0.05, 0.1) is 0 Å². The highest BCUT2D eigenvalue weighted by Crippen LogP contribution is 2.24. The molecule has 1 fully saturated rings. The Morgan fingerprint density at radius 3 is 2.63 bits per heavy atom. The number of carbonyl (C=O) groups is 1. The van der Waals surface area contributed by atoms with Gasteiger partial charge in [-0.2, -0.15) is 0 Å². The molecule has 104 valence electrons. The molecule has 1 N–H and O–H groups in total. The smallest absolute Gasteiger partial charge is 0.253 e. The third-order valence-electron chi connectivity index (χ3n) is 4.03. The molecule has 0 heterocycles. The van der Waals surface area contributed by atoms with Gasteiger partial charge < -0.3 is 10.2 Å². The predicted octanol–water partition coefficient (Wildman–Crippen LogP) is 3.44. The first-order chi connectivity index (χ1) is 9.13. The Labute approximate surface area is 116 Å². The Balaban J connectivity index is 2.12. The van der Waals surface area contributed by atoms with Gasteiger partial charge in [0.25, 0.3) is 5.91 Å². The molecule has 19 heavy (non-hydrogen) atoms. The van der Waals surface area contributed by atoms with Gasteiger partial charge in [-0.25, -0.2) is 0 Å². The van der Waals surface area contributed by atoms with Crippen molar-refractivity contribution in [3.8, 4) is 0 Å². The second-order valence-corrected chi connectivity index (χ2v) is 5.41. The van der Waals surface area contributed by atoms with Crippen molar-refractivity contribution in [2.75, 3.05) is 18.9 Å². The maximum atomic E-state index is 12.5. The van der Waals surface area contributed by atoms with Gasteiger partial charge in [0.1, 0.15) is 0 Å². The van der Waals surface area contributed by atoms with Crippen molar-refractivity contribution in [3.63, 3.8) is 0 Å². The number of amides is 1. The molecule has 1 aromatic carbocycles. The molecule has 0 saturated heterocycles.